The van der Waals surface area contributed by atoms with E-state index < -0.39 is 0 Å². The van der Waals surface area contributed by atoms with Gasteiger partial charge in [0.2, 0.25) is 0 Å². The molecule has 0 aliphatic carbocycles. The van der Waals surface area contributed by atoms with Crippen LogP contribution in [0.25, 0.3) is 0 Å². The summed E-state index contributed by atoms with van der Waals surface area (Å²) >= 11 is 12.4. The number of hydrogen-bond donors (Lipinski definition) is 0. The summed E-state index contributed by atoms with van der Waals surface area (Å²) in [4.78, 5) is 2.37. The van der Waals surface area contributed by atoms with Crippen LogP contribution in [-0.2, 0) is 0 Å². The molecule has 0 atom stereocenters. The highest BCUT2D eigenvalue weighted by Gasteiger charge is 2.18. The van der Waals surface area contributed by atoms with Gasteiger partial charge in [0, 0.05) is 25.4 Å². The van der Waals surface area contributed by atoms with Gasteiger partial charge in [0.15, 0.2) is 5.75 Å². The molecule has 6 heteroatoms. The molecule has 1 heterocycles. The number of ether oxygens (including phenoxy) is 1. The van der Waals surface area contributed by atoms with Crippen LogP contribution in [0.2, 0.25) is 10.0 Å². The predicted octanol–water partition coefficient (Wildman–Crippen LogP) is 7.85. The van der Waals surface area contributed by atoms with Crippen molar-refractivity contribution < 1.29 is 13.5 Å². The Labute approximate surface area is 203 Å². The van der Waals surface area contributed by atoms with Crippen LogP contribution in [0.15, 0.2) is 78.6 Å². The molecule has 0 radical (unpaired) electrons. The van der Waals surface area contributed by atoms with E-state index in [1.807, 2.05) is 24.3 Å². The topological polar surface area (TPSA) is 12.5 Å². The molecule has 0 bridgehead atoms. The quantitative estimate of drug-likeness (QED) is 0.320. The van der Waals surface area contributed by atoms with Crippen LogP contribution in [-0.4, -0.2) is 24.5 Å². The molecule has 33 heavy (non-hydrogen) atoms. The zero-order chi connectivity index (χ0) is 23.2. The molecule has 0 saturated carbocycles. The van der Waals surface area contributed by atoms with E-state index in [1.165, 1.54) is 24.3 Å². The highest BCUT2D eigenvalue weighted by Crippen LogP contribution is 2.35. The van der Waals surface area contributed by atoms with Gasteiger partial charge in [-0.1, -0.05) is 53.5 Å². The van der Waals surface area contributed by atoms with E-state index in [2.05, 4.69) is 11.0 Å². The average molecular weight is 488 g/mol. The van der Waals surface area contributed by atoms with E-state index >= 15 is 0 Å². The van der Waals surface area contributed by atoms with E-state index in [-0.39, 0.29) is 17.6 Å². The van der Waals surface area contributed by atoms with Crippen molar-refractivity contribution in [1.29, 1.82) is 0 Å². The van der Waals surface area contributed by atoms with Gasteiger partial charge in [-0.15, -0.1) is 0 Å². The number of nitrogens with zero attached hydrogens (tertiary/aromatic N) is 1. The maximum Gasteiger partial charge on any atom is 0.164 e. The van der Waals surface area contributed by atoms with Crippen LogP contribution in [0.4, 0.5) is 8.78 Å². The molecule has 0 N–H and O–H groups in total. The van der Waals surface area contributed by atoms with Gasteiger partial charge in [-0.2, -0.15) is 0 Å². The number of benzene rings is 3. The summed E-state index contributed by atoms with van der Waals surface area (Å²) < 4.78 is 32.8. The molecule has 4 rings (SSSR count). The minimum Gasteiger partial charge on any atom is -0.459 e. The van der Waals surface area contributed by atoms with Gasteiger partial charge < -0.3 is 4.74 Å². The fourth-order valence-electron chi connectivity index (χ4n) is 4.13. The first kappa shape index (κ1) is 23.7. The average Bonchev–Trinajstić information content (AvgIpc) is 2.82. The highest BCUT2D eigenvalue weighted by atomic mass is 35.5. The van der Waals surface area contributed by atoms with Crippen molar-refractivity contribution in [2.75, 3.05) is 19.6 Å². The summed E-state index contributed by atoms with van der Waals surface area (Å²) in [6, 6.07) is 18.5. The van der Waals surface area contributed by atoms with Crippen molar-refractivity contribution in [3.63, 3.8) is 0 Å². The first-order valence-corrected chi connectivity index (χ1v) is 11.8. The smallest absolute Gasteiger partial charge is 0.164 e. The number of para-hydroxylation sites is 1. The van der Waals surface area contributed by atoms with Gasteiger partial charge >= 0.3 is 0 Å². The van der Waals surface area contributed by atoms with Crippen LogP contribution in [0.3, 0.4) is 0 Å². The van der Waals surface area contributed by atoms with Crippen LogP contribution in [0.1, 0.15) is 36.3 Å². The first-order chi connectivity index (χ1) is 16.0. The van der Waals surface area contributed by atoms with Crippen molar-refractivity contribution in [3.8, 4) is 5.75 Å². The largest absolute Gasteiger partial charge is 0.459 e. The molecule has 0 spiro atoms. The SMILES string of the molecule is Fc1ccc(C(CCCN2CC=C(Oc3c(Cl)cccc3Cl)CC2)c2ccc(F)cc2)cc1. The van der Waals surface area contributed by atoms with E-state index in [1.54, 1.807) is 18.2 Å². The van der Waals surface area contributed by atoms with Gasteiger partial charge in [0.25, 0.3) is 0 Å². The lowest BCUT2D eigenvalue weighted by Gasteiger charge is -2.27. The van der Waals surface area contributed by atoms with E-state index in [9.17, 15) is 8.78 Å². The van der Waals surface area contributed by atoms with Crippen LogP contribution in [0, 0.1) is 11.6 Å². The molecule has 0 fully saturated rings. The van der Waals surface area contributed by atoms with E-state index in [4.69, 9.17) is 27.9 Å². The van der Waals surface area contributed by atoms with Crippen molar-refractivity contribution in [2.24, 2.45) is 0 Å². The second-order valence-corrected chi connectivity index (χ2v) is 8.99. The molecule has 172 valence electrons. The molecule has 1 aliphatic heterocycles. The molecule has 3 aromatic rings. The molecule has 0 aromatic heterocycles. The summed E-state index contributed by atoms with van der Waals surface area (Å²) in [5, 5.41) is 0.997. The van der Waals surface area contributed by atoms with Gasteiger partial charge in [-0.05, 0) is 73.0 Å². The predicted molar refractivity (Wildman–Crippen MR) is 130 cm³/mol. The summed E-state index contributed by atoms with van der Waals surface area (Å²) in [5.74, 6) is 0.951. The molecular formula is C27H25Cl2F2NO. The van der Waals surface area contributed by atoms with Gasteiger partial charge in [-0.3, -0.25) is 4.90 Å². The second-order valence-electron chi connectivity index (χ2n) is 8.17. The van der Waals surface area contributed by atoms with Crippen molar-refractivity contribution in [2.45, 2.75) is 25.2 Å². The lowest BCUT2D eigenvalue weighted by molar-refractivity contribution is 0.256. The van der Waals surface area contributed by atoms with Crippen molar-refractivity contribution in [3.05, 3.63) is 111 Å². The Morgan fingerprint density at radius 3 is 1.94 bits per heavy atom. The molecule has 0 amide bonds. The molecular weight excluding hydrogens is 463 g/mol. The monoisotopic (exact) mass is 487 g/mol. The van der Waals surface area contributed by atoms with E-state index in [0.717, 1.165) is 55.8 Å². The zero-order valence-corrected chi connectivity index (χ0v) is 19.6. The van der Waals surface area contributed by atoms with Crippen LogP contribution >= 0.6 is 23.2 Å². The minimum absolute atomic E-state index is 0.0905. The summed E-state index contributed by atoms with van der Waals surface area (Å²) in [5.41, 5.74) is 2.07. The lowest BCUT2D eigenvalue weighted by atomic mass is 9.87. The number of hydrogen-bond acceptors (Lipinski definition) is 2. The molecule has 0 unspecified atom stereocenters. The Morgan fingerprint density at radius 1 is 0.848 bits per heavy atom. The van der Waals surface area contributed by atoms with Gasteiger partial charge in [0.1, 0.15) is 17.4 Å². The number of rotatable bonds is 8. The molecule has 0 saturated heterocycles. The Bertz CT molecular complexity index is 1030. The molecule has 2 nitrogen and oxygen atoms in total. The minimum atomic E-state index is -0.257. The van der Waals surface area contributed by atoms with Crippen molar-refractivity contribution in [1.82, 2.24) is 4.90 Å². The second kappa shape index (κ2) is 11.1. The fraction of sp³-hybridized carbons (Fsp3) is 0.259. The van der Waals surface area contributed by atoms with Crippen LogP contribution in [0.5, 0.6) is 5.75 Å². The van der Waals surface area contributed by atoms with Gasteiger partial charge in [-0.25, -0.2) is 8.78 Å². The third-order valence-electron chi connectivity index (χ3n) is 5.92. The Balaban J connectivity index is 1.35. The lowest BCUT2D eigenvalue weighted by Crippen LogP contribution is -2.30. The summed E-state index contributed by atoms with van der Waals surface area (Å²) in [7, 11) is 0. The first-order valence-electron chi connectivity index (χ1n) is 11.0. The summed E-state index contributed by atoms with van der Waals surface area (Å²) in [6.07, 6.45) is 4.69. The summed E-state index contributed by atoms with van der Waals surface area (Å²) in [6.45, 7) is 2.59. The number of halogens is 4. The molecule has 3 aromatic carbocycles. The van der Waals surface area contributed by atoms with Crippen LogP contribution < -0.4 is 4.74 Å². The zero-order valence-electron chi connectivity index (χ0n) is 18.1. The van der Waals surface area contributed by atoms with Gasteiger partial charge in [0.05, 0.1) is 10.0 Å². The molecule has 1 aliphatic rings. The fourth-order valence-corrected chi connectivity index (χ4v) is 4.61. The van der Waals surface area contributed by atoms with E-state index in [0.29, 0.717) is 15.8 Å². The maximum absolute atomic E-state index is 13.4. The Kier molecular flexibility index (Phi) is 8.02. The standard InChI is InChI=1S/C27H25Cl2F2NO/c28-25-4-1-5-26(29)27(25)33-23-14-17-32(18-15-23)16-2-3-24(19-6-10-21(30)11-7-19)20-8-12-22(31)13-9-20/h1,4-14,24H,2-3,15-18H2. The Hall–Kier alpha value is -2.40. The van der Waals surface area contributed by atoms with Crippen molar-refractivity contribution >= 4 is 23.2 Å². The third-order valence-corrected chi connectivity index (χ3v) is 6.51. The maximum atomic E-state index is 13.4. The highest BCUT2D eigenvalue weighted by molar-refractivity contribution is 6.37. The Morgan fingerprint density at radius 2 is 1.42 bits per heavy atom. The normalized spacial score (nSPS) is 14.4. The third kappa shape index (κ3) is 6.35.